The number of carbonyl (C=O) groups excluding carboxylic acids is 1. The highest BCUT2D eigenvalue weighted by Gasteiger charge is 2.29. The third-order valence-electron chi connectivity index (χ3n) is 4.83. The van der Waals surface area contributed by atoms with Gasteiger partial charge in [-0.3, -0.25) is 4.79 Å². The van der Waals surface area contributed by atoms with Crippen molar-refractivity contribution in [1.82, 2.24) is 0 Å². The number of halogens is 2. The van der Waals surface area contributed by atoms with Gasteiger partial charge in [-0.1, -0.05) is 60.8 Å². The van der Waals surface area contributed by atoms with E-state index in [4.69, 9.17) is 23.2 Å². The first-order valence-electron chi connectivity index (χ1n) is 10.2. The molecule has 7 heteroatoms. The third kappa shape index (κ3) is 6.00. The lowest BCUT2D eigenvalue weighted by molar-refractivity contribution is -0.113. The molecule has 0 N–H and O–H groups in total. The fourth-order valence-corrected chi connectivity index (χ4v) is 4.72. The van der Waals surface area contributed by atoms with Gasteiger partial charge in [0, 0.05) is 16.1 Å². The molecule has 0 fully saturated rings. The maximum atomic E-state index is 13.4. The number of rotatable bonds is 8. The Hall–Kier alpha value is -2.60. The molecule has 3 rings (SSSR count). The van der Waals surface area contributed by atoms with Gasteiger partial charge >= 0.3 is 0 Å². The van der Waals surface area contributed by atoms with Crippen molar-refractivity contribution in [3.8, 4) is 0 Å². The van der Waals surface area contributed by atoms with Crippen LogP contribution in [-0.4, -0.2) is 14.3 Å². The minimum atomic E-state index is -4.16. The van der Waals surface area contributed by atoms with Crippen LogP contribution in [0.25, 0.3) is 6.08 Å². The summed E-state index contributed by atoms with van der Waals surface area (Å²) in [4.78, 5) is 13.1. The van der Waals surface area contributed by atoms with Gasteiger partial charge in [0.15, 0.2) is 0 Å². The number of carbonyl (C=O) groups is 1. The second-order valence-electron chi connectivity index (χ2n) is 7.22. The summed E-state index contributed by atoms with van der Waals surface area (Å²) in [6.45, 7) is 2.11. The number of nitrogens with zero attached hydrogens (tertiary/aromatic N) is 1. The lowest BCUT2D eigenvalue weighted by Gasteiger charge is -2.22. The number of unbranched alkanes of at least 4 members (excludes halogenated alkanes) is 1. The molecule has 0 unspecified atom stereocenters. The molecule has 3 aromatic carbocycles. The average Bonchev–Trinajstić information content (AvgIpc) is 2.78. The van der Waals surface area contributed by atoms with Gasteiger partial charge in [0.05, 0.1) is 10.6 Å². The Kier molecular flexibility index (Phi) is 8.13. The van der Waals surface area contributed by atoms with Crippen LogP contribution in [-0.2, 0) is 21.2 Å². The van der Waals surface area contributed by atoms with E-state index in [-0.39, 0.29) is 10.6 Å². The zero-order valence-electron chi connectivity index (χ0n) is 17.5. The summed E-state index contributed by atoms with van der Waals surface area (Å²) in [6.07, 6.45) is 5.78. The molecule has 0 heterocycles. The third-order valence-corrected chi connectivity index (χ3v) is 7.07. The lowest BCUT2D eigenvalue weighted by atomic mass is 10.1. The van der Waals surface area contributed by atoms with Crippen LogP contribution in [0.2, 0.25) is 10.0 Å². The molecule has 0 aliphatic carbocycles. The topological polar surface area (TPSA) is 54.5 Å². The summed E-state index contributed by atoms with van der Waals surface area (Å²) in [6, 6.07) is 19.6. The number of hydrogen-bond acceptors (Lipinski definition) is 3. The van der Waals surface area contributed by atoms with Crippen molar-refractivity contribution in [3.05, 3.63) is 100 Å². The van der Waals surface area contributed by atoms with E-state index in [1.165, 1.54) is 30.3 Å². The van der Waals surface area contributed by atoms with Crippen LogP contribution in [0.15, 0.2) is 83.8 Å². The molecule has 3 aromatic rings. The summed E-state index contributed by atoms with van der Waals surface area (Å²) < 4.78 is 27.6. The van der Waals surface area contributed by atoms with Gasteiger partial charge in [-0.25, -0.2) is 8.42 Å². The van der Waals surface area contributed by atoms with Crippen molar-refractivity contribution in [1.29, 1.82) is 0 Å². The molecular weight excluding hydrogens is 465 g/mol. The Morgan fingerprint density at radius 2 is 1.44 bits per heavy atom. The van der Waals surface area contributed by atoms with E-state index in [1.54, 1.807) is 42.5 Å². The second-order valence-corrected chi connectivity index (χ2v) is 9.88. The molecule has 0 aromatic heterocycles. The Morgan fingerprint density at radius 1 is 0.875 bits per heavy atom. The van der Waals surface area contributed by atoms with Gasteiger partial charge in [0.25, 0.3) is 15.9 Å². The van der Waals surface area contributed by atoms with E-state index >= 15 is 0 Å². The molecular formula is C25H23Cl2NO3S. The highest BCUT2D eigenvalue weighted by molar-refractivity contribution is 7.93. The lowest BCUT2D eigenvalue weighted by Crippen LogP contribution is -2.35. The zero-order chi connectivity index (χ0) is 23.1. The molecule has 0 aliphatic heterocycles. The standard InChI is InChI=1S/C25H23Cl2NO3S/c1-2-3-4-19-7-14-23(15-8-19)28(32(30,31)24-16-12-22(27)13-17-24)25(29)18-9-20-5-10-21(26)11-6-20/h5-18H,2-4H2,1H3/b18-9+. The van der Waals surface area contributed by atoms with Crippen molar-refractivity contribution in [2.24, 2.45) is 0 Å². The fraction of sp³-hybridized carbons (Fsp3) is 0.160. The summed E-state index contributed by atoms with van der Waals surface area (Å²) in [5.74, 6) is -0.684. The van der Waals surface area contributed by atoms with Gasteiger partial charge in [0.2, 0.25) is 0 Å². The molecule has 0 radical (unpaired) electrons. The molecule has 0 saturated carbocycles. The Morgan fingerprint density at radius 3 is 2.00 bits per heavy atom. The maximum Gasteiger partial charge on any atom is 0.271 e. The molecule has 0 atom stereocenters. The molecule has 0 aliphatic rings. The second kappa shape index (κ2) is 10.8. The van der Waals surface area contributed by atoms with Crippen molar-refractivity contribution < 1.29 is 13.2 Å². The van der Waals surface area contributed by atoms with E-state index in [9.17, 15) is 13.2 Å². The van der Waals surface area contributed by atoms with Gasteiger partial charge < -0.3 is 0 Å². The minimum Gasteiger partial charge on any atom is -0.268 e. The average molecular weight is 488 g/mol. The van der Waals surface area contributed by atoms with Crippen LogP contribution >= 0.6 is 23.2 Å². The van der Waals surface area contributed by atoms with Gasteiger partial charge in [-0.2, -0.15) is 4.31 Å². The summed E-state index contributed by atoms with van der Waals surface area (Å²) in [7, 11) is -4.16. The van der Waals surface area contributed by atoms with Crippen LogP contribution in [0.4, 0.5) is 5.69 Å². The van der Waals surface area contributed by atoms with Crippen LogP contribution in [0, 0.1) is 0 Å². The predicted molar refractivity (Wildman–Crippen MR) is 132 cm³/mol. The van der Waals surface area contributed by atoms with Gasteiger partial charge in [-0.05, 0) is 78.6 Å². The summed E-state index contributed by atoms with van der Waals surface area (Å²) >= 11 is 11.8. The van der Waals surface area contributed by atoms with Crippen LogP contribution < -0.4 is 4.31 Å². The number of aryl methyl sites for hydroxylation is 1. The molecule has 0 bridgehead atoms. The minimum absolute atomic E-state index is 0.0230. The molecule has 1 amide bonds. The van der Waals surface area contributed by atoms with Crippen molar-refractivity contribution >= 4 is 50.9 Å². The van der Waals surface area contributed by atoms with E-state index in [0.717, 1.165) is 34.7 Å². The number of hydrogen-bond donors (Lipinski definition) is 0. The largest absolute Gasteiger partial charge is 0.271 e. The Bertz CT molecular complexity index is 1190. The molecule has 0 saturated heterocycles. The van der Waals surface area contributed by atoms with Crippen molar-refractivity contribution in [3.63, 3.8) is 0 Å². The highest BCUT2D eigenvalue weighted by atomic mass is 35.5. The van der Waals surface area contributed by atoms with Crippen LogP contribution in [0.1, 0.15) is 30.9 Å². The van der Waals surface area contributed by atoms with E-state index in [1.807, 2.05) is 12.1 Å². The first kappa shape index (κ1) is 24.1. The number of benzene rings is 3. The number of anilines is 1. The first-order valence-corrected chi connectivity index (χ1v) is 12.4. The predicted octanol–water partition coefficient (Wildman–Crippen LogP) is 6.77. The van der Waals surface area contributed by atoms with E-state index < -0.39 is 15.9 Å². The van der Waals surface area contributed by atoms with Gasteiger partial charge in [0.1, 0.15) is 0 Å². The maximum absolute atomic E-state index is 13.4. The van der Waals surface area contributed by atoms with E-state index in [0.29, 0.717) is 10.0 Å². The SMILES string of the molecule is CCCCc1ccc(N(C(=O)/C=C/c2ccc(Cl)cc2)S(=O)(=O)c2ccc(Cl)cc2)cc1. The molecule has 166 valence electrons. The van der Waals surface area contributed by atoms with E-state index in [2.05, 4.69) is 6.92 Å². The van der Waals surface area contributed by atoms with Crippen LogP contribution in [0.3, 0.4) is 0 Å². The van der Waals surface area contributed by atoms with Crippen LogP contribution in [0.5, 0.6) is 0 Å². The van der Waals surface area contributed by atoms with Crippen molar-refractivity contribution in [2.45, 2.75) is 31.1 Å². The summed E-state index contributed by atoms with van der Waals surface area (Å²) in [5, 5.41) is 0.980. The Balaban J connectivity index is 1.99. The molecule has 32 heavy (non-hydrogen) atoms. The smallest absolute Gasteiger partial charge is 0.268 e. The quantitative estimate of drug-likeness (QED) is 0.329. The zero-order valence-corrected chi connectivity index (χ0v) is 19.9. The monoisotopic (exact) mass is 487 g/mol. The Labute approximate surface area is 199 Å². The highest BCUT2D eigenvalue weighted by Crippen LogP contribution is 2.26. The van der Waals surface area contributed by atoms with Crippen molar-refractivity contribution in [2.75, 3.05) is 4.31 Å². The van der Waals surface area contributed by atoms with Gasteiger partial charge in [-0.15, -0.1) is 0 Å². The first-order chi connectivity index (χ1) is 15.3. The molecule has 4 nitrogen and oxygen atoms in total. The molecule has 0 spiro atoms. The number of amides is 1. The summed E-state index contributed by atoms with van der Waals surface area (Å²) in [5.41, 5.74) is 2.08. The number of sulfonamides is 1. The fourth-order valence-electron chi connectivity index (χ4n) is 3.08. The normalized spacial score (nSPS) is 11.6.